The van der Waals surface area contributed by atoms with Crippen LogP contribution in [0.2, 0.25) is 0 Å². The van der Waals surface area contributed by atoms with Crippen molar-refractivity contribution in [3.8, 4) is 0 Å². The lowest BCUT2D eigenvalue weighted by Gasteiger charge is -2.40. The first kappa shape index (κ1) is 21.5. The summed E-state index contributed by atoms with van der Waals surface area (Å²) in [6.45, 7) is 2.18. The Hall–Kier alpha value is -2.78. The van der Waals surface area contributed by atoms with Crippen molar-refractivity contribution in [3.63, 3.8) is 0 Å². The second-order valence-electron chi connectivity index (χ2n) is 7.91. The molecule has 9 heteroatoms. The molecule has 164 valence electrons. The van der Waals surface area contributed by atoms with Gasteiger partial charge in [-0.1, -0.05) is 36.4 Å². The molecule has 2 heterocycles. The van der Waals surface area contributed by atoms with Gasteiger partial charge in [-0.3, -0.25) is 9.59 Å². The minimum absolute atomic E-state index is 0.0278. The maximum absolute atomic E-state index is 13.8. The van der Waals surface area contributed by atoms with Crippen molar-refractivity contribution in [2.45, 2.75) is 30.8 Å². The van der Waals surface area contributed by atoms with Gasteiger partial charge in [0, 0.05) is 26.2 Å². The Morgan fingerprint density at radius 3 is 2.55 bits per heavy atom. The molecule has 2 saturated heterocycles. The molecule has 31 heavy (non-hydrogen) atoms. The van der Waals surface area contributed by atoms with Gasteiger partial charge in [0.15, 0.2) is 0 Å². The highest BCUT2D eigenvalue weighted by Gasteiger charge is 2.43. The van der Waals surface area contributed by atoms with Gasteiger partial charge in [0.05, 0.1) is 4.90 Å². The van der Waals surface area contributed by atoms with Gasteiger partial charge in [0.2, 0.25) is 21.8 Å². The van der Waals surface area contributed by atoms with E-state index in [1.165, 1.54) is 26.2 Å². The lowest BCUT2D eigenvalue weighted by Crippen LogP contribution is -2.61. The Bertz CT molecular complexity index is 1110. The molecule has 2 aromatic carbocycles. The number of hydrogen-bond donors (Lipinski definition) is 0. The van der Waals surface area contributed by atoms with Gasteiger partial charge in [-0.15, -0.1) is 0 Å². The van der Waals surface area contributed by atoms with E-state index in [4.69, 9.17) is 0 Å². The van der Waals surface area contributed by atoms with Crippen LogP contribution < -0.4 is 0 Å². The Morgan fingerprint density at radius 1 is 1.06 bits per heavy atom. The molecule has 1 atom stereocenters. The molecule has 2 fully saturated rings. The Balaban J connectivity index is 1.62. The smallest absolute Gasteiger partial charge is 0.247 e. The van der Waals surface area contributed by atoms with Crippen LogP contribution in [0, 0.1) is 12.7 Å². The lowest BCUT2D eigenvalue weighted by atomic mass is 10.1. The largest absolute Gasteiger partial charge is 0.328 e. The summed E-state index contributed by atoms with van der Waals surface area (Å²) in [5.74, 6) is -1.11. The van der Waals surface area contributed by atoms with E-state index in [2.05, 4.69) is 0 Å². The normalized spacial score (nSPS) is 20.5. The number of carbonyl (C=O) groups excluding carboxylic acids is 2. The summed E-state index contributed by atoms with van der Waals surface area (Å²) in [7, 11) is -4.02. The zero-order valence-electron chi connectivity index (χ0n) is 17.2. The summed E-state index contributed by atoms with van der Waals surface area (Å²) < 4.78 is 41.5. The molecule has 0 spiro atoms. The maximum atomic E-state index is 13.8. The third-order valence-corrected chi connectivity index (χ3v) is 7.79. The Kier molecular flexibility index (Phi) is 5.81. The van der Waals surface area contributed by atoms with Crippen molar-refractivity contribution in [1.29, 1.82) is 0 Å². The summed E-state index contributed by atoms with van der Waals surface area (Å²) in [6, 6.07) is 12.1. The van der Waals surface area contributed by atoms with Crippen LogP contribution in [0.1, 0.15) is 17.5 Å². The molecule has 7 nitrogen and oxygen atoms in total. The molecule has 1 unspecified atom stereocenters. The maximum Gasteiger partial charge on any atom is 0.247 e. The first-order chi connectivity index (χ1) is 14.8. The van der Waals surface area contributed by atoms with E-state index in [9.17, 15) is 22.4 Å². The number of piperazine rings is 1. The van der Waals surface area contributed by atoms with Gasteiger partial charge < -0.3 is 9.80 Å². The van der Waals surface area contributed by atoms with Crippen LogP contribution in [-0.2, 0) is 26.2 Å². The number of nitrogens with zero attached hydrogens (tertiary/aromatic N) is 3. The van der Waals surface area contributed by atoms with Crippen molar-refractivity contribution in [1.82, 2.24) is 14.1 Å². The molecule has 4 rings (SSSR count). The van der Waals surface area contributed by atoms with E-state index in [1.54, 1.807) is 6.92 Å². The average Bonchev–Trinajstić information content (AvgIpc) is 2.98. The highest BCUT2D eigenvalue weighted by Crippen LogP contribution is 2.26. The van der Waals surface area contributed by atoms with Crippen LogP contribution in [0.3, 0.4) is 0 Å². The van der Waals surface area contributed by atoms with Gasteiger partial charge in [-0.25, -0.2) is 12.8 Å². The van der Waals surface area contributed by atoms with E-state index in [-0.39, 0.29) is 42.9 Å². The van der Waals surface area contributed by atoms with Gasteiger partial charge >= 0.3 is 0 Å². The molecular weight excluding hydrogens is 421 g/mol. The van der Waals surface area contributed by atoms with Crippen molar-refractivity contribution in [2.24, 2.45) is 0 Å². The van der Waals surface area contributed by atoms with Crippen LogP contribution in [0.5, 0.6) is 0 Å². The quantitative estimate of drug-likeness (QED) is 0.719. The predicted molar refractivity (Wildman–Crippen MR) is 112 cm³/mol. The summed E-state index contributed by atoms with van der Waals surface area (Å²) in [4.78, 5) is 28.9. The first-order valence-electron chi connectivity index (χ1n) is 10.2. The molecule has 0 bridgehead atoms. The van der Waals surface area contributed by atoms with Gasteiger partial charge in [0.25, 0.3) is 0 Å². The summed E-state index contributed by atoms with van der Waals surface area (Å²) in [6.07, 6.45) is 0.405. The zero-order valence-corrected chi connectivity index (χ0v) is 18.0. The summed E-state index contributed by atoms with van der Waals surface area (Å²) in [5, 5.41) is 0. The van der Waals surface area contributed by atoms with E-state index in [1.807, 2.05) is 30.3 Å². The van der Waals surface area contributed by atoms with Crippen LogP contribution >= 0.6 is 0 Å². The fourth-order valence-corrected chi connectivity index (χ4v) is 5.88. The number of halogens is 1. The molecule has 0 saturated carbocycles. The molecule has 2 aromatic rings. The van der Waals surface area contributed by atoms with Crippen LogP contribution in [0.4, 0.5) is 4.39 Å². The fraction of sp³-hybridized carbons (Fsp3) is 0.364. The number of fused-ring (bicyclic) bond motifs is 1. The minimum atomic E-state index is -4.02. The average molecular weight is 446 g/mol. The molecule has 0 N–H and O–H groups in total. The lowest BCUT2D eigenvalue weighted by molar-refractivity contribution is -0.156. The molecule has 2 aliphatic heterocycles. The van der Waals surface area contributed by atoms with Gasteiger partial charge in [0.1, 0.15) is 18.4 Å². The molecule has 2 amide bonds. The Morgan fingerprint density at radius 2 is 1.81 bits per heavy atom. The van der Waals surface area contributed by atoms with Crippen molar-refractivity contribution >= 4 is 21.8 Å². The second-order valence-corrected chi connectivity index (χ2v) is 9.82. The monoisotopic (exact) mass is 445 g/mol. The van der Waals surface area contributed by atoms with Crippen molar-refractivity contribution in [3.05, 3.63) is 65.5 Å². The van der Waals surface area contributed by atoms with E-state index in [0.29, 0.717) is 18.5 Å². The SMILES string of the molecule is Cc1ccc(F)cc1S(=O)(=O)N1CCCN2C(=O)CN(Cc3ccccc3)C(=O)C2C1. The molecule has 0 aliphatic carbocycles. The highest BCUT2D eigenvalue weighted by atomic mass is 32.2. The van der Waals surface area contributed by atoms with Gasteiger partial charge in [-0.05, 0) is 36.6 Å². The van der Waals surface area contributed by atoms with E-state index >= 15 is 0 Å². The highest BCUT2D eigenvalue weighted by molar-refractivity contribution is 7.89. The number of rotatable bonds is 4. The number of benzene rings is 2. The second kappa shape index (κ2) is 8.39. The third-order valence-electron chi connectivity index (χ3n) is 5.79. The van der Waals surface area contributed by atoms with Crippen LogP contribution in [0.25, 0.3) is 0 Å². The first-order valence-corrected chi connectivity index (χ1v) is 11.6. The molecule has 0 aromatic heterocycles. The van der Waals surface area contributed by atoms with Crippen molar-refractivity contribution < 1.29 is 22.4 Å². The van der Waals surface area contributed by atoms with E-state index in [0.717, 1.165) is 11.6 Å². The number of hydrogen-bond acceptors (Lipinski definition) is 4. The van der Waals surface area contributed by atoms with Crippen LogP contribution in [0.15, 0.2) is 53.4 Å². The molecule has 2 aliphatic rings. The molecular formula is C22H24FN3O4S. The number of sulfonamides is 1. The third kappa shape index (κ3) is 4.20. The predicted octanol–water partition coefficient (Wildman–Crippen LogP) is 1.77. The topological polar surface area (TPSA) is 78.0 Å². The van der Waals surface area contributed by atoms with E-state index < -0.39 is 21.9 Å². The van der Waals surface area contributed by atoms with Crippen molar-refractivity contribution in [2.75, 3.05) is 26.2 Å². The molecule has 0 radical (unpaired) electrons. The van der Waals surface area contributed by atoms with Gasteiger partial charge in [-0.2, -0.15) is 4.31 Å². The minimum Gasteiger partial charge on any atom is -0.328 e. The summed E-state index contributed by atoms with van der Waals surface area (Å²) in [5.41, 5.74) is 1.32. The fourth-order valence-electron chi connectivity index (χ4n) is 4.16. The number of aryl methyl sites for hydroxylation is 1. The van der Waals surface area contributed by atoms with Crippen LogP contribution in [-0.4, -0.2) is 66.6 Å². The zero-order chi connectivity index (χ0) is 22.2. The number of amides is 2. The number of carbonyl (C=O) groups is 2. The Labute approximate surface area is 181 Å². The standard InChI is InChI=1S/C22H24FN3O4S/c1-16-8-9-18(23)12-20(16)31(29,30)25-10-5-11-26-19(14-25)22(28)24(15-21(26)27)13-17-6-3-2-4-7-17/h2-4,6-9,12,19H,5,10-11,13-15H2,1H3. The summed E-state index contributed by atoms with van der Waals surface area (Å²) >= 11 is 0.